The van der Waals surface area contributed by atoms with Gasteiger partial charge in [0.1, 0.15) is 10.7 Å². The quantitative estimate of drug-likeness (QED) is 0.840. The fourth-order valence-electron chi connectivity index (χ4n) is 1.99. The lowest BCUT2D eigenvalue weighted by atomic mass is 10.1. The standard InChI is InChI=1S/C14H17N3OS/c1-8-6-11(4-5-12(8)14(15)19)16-7-13-9(2)17-18-10(13)3/h4-6,16H,7H2,1-3H3,(H2,15,19). The predicted octanol–water partition coefficient (Wildman–Crippen LogP) is 2.85. The van der Waals surface area contributed by atoms with Crippen LogP contribution in [0.3, 0.4) is 0 Å². The monoisotopic (exact) mass is 275 g/mol. The maximum absolute atomic E-state index is 5.65. The van der Waals surface area contributed by atoms with Crippen LogP contribution in [0, 0.1) is 20.8 Å². The summed E-state index contributed by atoms with van der Waals surface area (Å²) >= 11 is 4.99. The topological polar surface area (TPSA) is 64.1 Å². The van der Waals surface area contributed by atoms with Gasteiger partial charge in [-0.05, 0) is 44.5 Å². The number of rotatable bonds is 4. The number of benzene rings is 1. The van der Waals surface area contributed by atoms with E-state index in [0.717, 1.165) is 33.8 Å². The van der Waals surface area contributed by atoms with Crippen LogP contribution in [0.5, 0.6) is 0 Å². The Kier molecular flexibility index (Phi) is 3.85. The zero-order valence-corrected chi connectivity index (χ0v) is 12.1. The van der Waals surface area contributed by atoms with E-state index in [0.29, 0.717) is 11.5 Å². The molecule has 0 aliphatic carbocycles. The number of anilines is 1. The third kappa shape index (κ3) is 2.93. The summed E-state index contributed by atoms with van der Waals surface area (Å²) in [4.78, 5) is 0.426. The molecule has 100 valence electrons. The SMILES string of the molecule is Cc1cc(NCc2c(C)noc2C)ccc1C(N)=S. The van der Waals surface area contributed by atoms with E-state index >= 15 is 0 Å². The molecule has 1 aromatic carbocycles. The Morgan fingerprint density at radius 3 is 2.63 bits per heavy atom. The maximum atomic E-state index is 5.65. The second-order valence-electron chi connectivity index (χ2n) is 4.55. The first-order valence-corrected chi connectivity index (χ1v) is 6.46. The molecule has 0 bridgehead atoms. The van der Waals surface area contributed by atoms with Crippen molar-refractivity contribution in [2.45, 2.75) is 27.3 Å². The van der Waals surface area contributed by atoms with Gasteiger partial charge in [0.25, 0.3) is 0 Å². The Bertz CT molecular complexity index is 600. The molecule has 0 radical (unpaired) electrons. The van der Waals surface area contributed by atoms with Crippen LogP contribution < -0.4 is 11.1 Å². The van der Waals surface area contributed by atoms with Crippen LogP contribution in [0.1, 0.15) is 28.1 Å². The molecule has 0 saturated heterocycles. The lowest BCUT2D eigenvalue weighted by Crippen LogP contribution is -2.11. The van der Waals surface area contributed by atoms with Gasteiger partial charge in [-0.2, -0.15) is 0 Å². The van der Waals surface area contributed by atoms with Gasteiger partial charge in [-0.3, -0.25) is 0 Å². The van der Waals surface area contributed by atoms with Gasteiger partial charge in [0, 0.05) is 23.4 Å². The average Bonchev–Trinajstić information content (AvgIpc) is 2.66. The molecule has 0 atom stereocenters. The summed E-state index contributed by atoms with van der Waals surface area (Å²) in [6.07, 6.45) is 0. The first kappa shape index (κ1) is 13.5. The molecule has 4 nitrogen and oxygen atoms in total. The van der Waals surface area contributed by atoms with E-state index in [9.17, 15) is 0 Å². The van der Waals surface area contributed by atoms with E-state index in [1.54, 1.807) is 0 Å². The summed E-state index contributed by atoms with van der Waals surface area (Å²) in [7, 11) is 0. The highest BCUT2D eigenvalue weighted by Crippen LogP contribution is 2.18. The number of hydrogen-bond donors (Lipinski definition) is 2. The Labute approximate surface area is 118 Å². The van der Waals surface area contributed by atoms with E-state index in [1.165, 1.54) is 0 Å². The summed E-state index contributed by atoms with van der Waals surface area (Å²) in [5.41, 5.74) is 10.7. The zero-order valence-electron chi connectivity index (χ0n) is 11.3. The lowest BCUT2D eigenvalue weighted by Gasteiger charge is -2.09. The summed E-state index contributed by atoms with van der Waals surface area (Å²) in [5, 5.41) is 7.29. The Morgan fingerprint density at radius 2 is 2.11 bits per heavy atom. The van der Waals surface area contributed by atoms with Crippen molar-refractivity contribution in [1.29, 1.82) is 0 Å². The molecule has 2 rings (SSSR count). The van der Waals surface area contributed by atoms with Crippen LogP contribution >= 0.6 is 12.2 Å². The van der Waals surface area contributed by atoms with Gasteiger partial charge in [-0.1, -0.05) is 17.4 Å². The largest absolute Gasteiger partial charge is 0.389 e. The molecule has 1 aromatic heterocycles. The van der Waals surface area contributed by atoms with Crippen molar-refractivity contribution < 1.29 is 4.52 Å². The van der Waals surface area contributed by atoms with E-state index in [4.69, 9.17) is 22.5 Å². The summed E-state index contributed by atoms with van der Waals surface area (Å²) < 4.78 is 5.13. The molecule has 0 aliphatic heterocycles. The van der Waals surface area contributed by atoms with Gasteiger partial charge < -0.3 is 15.6 Å². The number of nitrogens with one attached hydrogen (secondary N) is 1. The maximum Gasteiger partial charge on any atom is 0.138 e. The first-order valence-electron chi connectivity index (χ1n) is 6.05. The summed E-state index contributed by atoms with van der Waals surface area (Å²) in [6, 6.07) is 5.94. The number of hydrogen-bond acceptors (Lipinski definition) is 4. The van der Waals surface area contributed by atoms with Gasteiger partial charge in [-0.25, -0.2) is 0 Å². The molecular formula is C14H17N3OS. The number of aryl methyl sites for hydroxylation is 3. The van der Waals surface area contributed by atoms with Crippen molar-refractivity contribution in [3.05, 3.63) is 46.3 Å². The molecule has 0 unspecified atom stereocenters. The predicted molar refractivity (Wildman–Crippen MR) is 80.4 cm³/mol. The van der Waals surface area contributed by atoms with Crippen LogP contribution in [0.4, 0.5) is 5.69 Å². The smallest absolute Gasteiger partial charge is 0.138 e. The van der Waals surface area contributed by atoms with Crippen LogP contribution in [-0.4, -0.2) is 10.1 Å². The fourth-order valence-corrected chi connectivity index (χ4v) is 2.22. The highest BCUT2D eigenvalue weighted by atomic mass is 32.1. The van der Waals surface area contributed by atoms with E-state index in [2.05, 4.69) is 10.5 Å². The van der Waals surface area contributed by atoms with Gasteiger partial charge in [0.05, 0.1) is 5.69 Å². The second-order valence-corrected chi connectivity index (χ2v) is 4.99. The third-order valence-corrected chi connectivity index (χ3v) is 3.36. The van der Waals surface area contributed by atoms with Crippen LogP contribution in [0.2, 0.25) is 0 Å². The minimum Gasteiger partial charge on any atom is -0.389 e. The van der Waals surface area contributed by atoms with Gasteiger partial charge >= 0.3 is 0 Å². The van der Waals surface area contributed by atoms with Crippen LogP contribution in [0.25, 0.3) is 0 Å². The molecule has 0 amide bonds. The molecule has 0 fully saturated rings. The number of nitrogens with zero attached hydrogens (tertiary/aromatic N) is 1. The Balaban J connectivity index is 2.13. The lowest BCUT2D eigenvalue weighted by molar-refractivity contribution is 0.392. The van der Waals surface area contributed by atoms with Crippen molar-refractivity contribution in [2.24, 2.45) is 5.73 Å². The van der Waals surface area contributed by atoms with Crippen molar-refractivity contribution in [3.8, 4) is 0 Å². The summed E-state index contributed by atoms with van der Waals surface area (Å²) in [6.45, 7) is 6.54. The third-order valence-electron chi connectivity index (χ3n) is 3.14. The molecule has 5 heteroatoms. The highest BCUT2D eigenvalue weighted by Gasteiger charge is 2.09. The molecular weight excluding hydrogens is 258 g/mol. The minimum absolute atomic E-state index is 0.426. The number of thiocarbonyl (C=S) groups is 1. The molecule has 0 spiro atoms. The molecule has 0 saturated carbocycles. The van der Waals surface area contributed by atoms with Gasteiger partial charge in [0.2, 0.25) is 0 Å². The van der Waals surface area contributed by atoms with Crippen LogP contribution in [0.15, 0.2) is 22.7 Å². The Hall–Kier alpha value is -1.88. The van der Waals surface area contributed by atoms with Crippen LogP contribution in [-0.2, 0) is 6.54 Å². The Morgan fingerprint density at radius 1 is 1.37 bits per heavy atom. The molecule has 3 N–H and O–H groups in total. The second kappa shape index (κ2) is 5.40. The average molecular weight is 275 g/mol. The van der Waals surface area contributed by atoms with E-state index in [-0.39, 0.29) is 0 Å². The zero-order chi connectivity index (χ0) is 14.0. The van der Waals surface area contributed by atoms with Crippen molar-refractivity contribution in [1.82, 2.24) is 5.16 Å². The molecule has 1 heterocycles. The molecule has 2 aromatic rings. The number of nitrogens with two attached hydrogens (primary N) is 1. The number of aromatic nitrogens is 1. The fraction of sp³-hybridized carbons (Fsp3) is 0.286. The van der Waals surface area contributed by atoms with Crippen molar-refractivity contribution >= 4 is 22.9 Å². The van der Waals surface area contributed by atoms with Gasteiger partial charge in [0.15, 0.2) is 0 Å². The van der Waals surface area contributed by atoms with Crippen molar-refractivity contribution in [2.75, 3.05) is 5.32 Å². The molecule has 0 aliphatic rings. The van der Waals surface area contributed by atoms with Crippen molar-refractivity contribution in [3.63, 3.8) is 0 Å². The minimum atomic E-state index is 0.426. The van der Waals surface area contributed by atoms with E-state index < -0.39 is 0 Å². The van der Waals surface area contributed by atoms with Gasteiger partial charge in [-0.15, -0.1) is 0 Å². The molecule has 19 heavy (non-hydrogen) atoms. The normalized spacial score (nSPS) is 10.5. The highest BCUT2D eigenvalue weighted by molar-refractivity contribution is 7.80. The van der Waals surface area contributed by atoms with E-state index in [1.807, 2.05) is 39.0 Å². The first-order chi connectivity index (χ1) is 8.99. The summed E-state index contributed by atoms with van der Waals surface area (Å²) in [5.74, 6) is 0.849.